The first kappa shape index (κ1) is 15.0. The van der Waals surface area contributed by atoms with E-state index in [0.717, 1.165) is 18.6 Å². The second-order valence-corrected chi connectivity index (χ2v) is 7.82. The van der Waals surface area contributed by atoms with Gasteiger partial charge < -0.3 is 0 Å². The predicted molar refractivity (Wildman–Crippen MR) is 71.7 cm³/mol. The Hall–Kier alpha value is 0.0200. The predicted octanol–water partition coefficient (Wildman–Crippen LogP) is 3.57. The van der Waals surface area contributed by atoms with Gasteiger partial charge in [-0.1, -0.05) is 19.8 Å². The summed E-state index contributed by atoms with van der Waals surface area (Å²) in [4.78, 5) is 11.7. The molecular weight excluding hydrogens is 204 g/mol. The highest BCUT2D eigenvalue weighted by Crippen LogP contribution is 2.14. The van der Waals surface area contributed by atoms with Gasteiger partial charge in [0.05, 0.1) is 0 Å². The first-order chi connectivity index (χ1) is 6.99. The molecule has 0 aromatic carbocycles. The summed E-state index contributed by atoms with van der Waals surface area (Å²) in [6.07, 6.45) is 4.29. The molecule has 0 unspecified atom stereocenters. The second kappa shape index (κ2) is 8.20. The number of carbonyl (C=O) groups excluding carboxylic acids is 1. The van der Waals surface area contributed by atoms with Gasteiger partial charge >= 0.3 is 0 Å². The van der Waals surface area contributed by atoms with Gasteiger partial charge in [0.1, 0.15) is 10.5 Å². The number of Topliss-reactive ketones (excluding diaryl/α,β-unsaturated/α-hetero) is 1. The highest BCUT2D eigenvalue weighted by atomic mass is 32.2. The molecule has 0 bridgehead atoms. The minimum absolute atomic E-state index is 0.287. The van der Waals surface area contributed by atoms with E-state index in [2.05, 4.69) is 34.6 Å². The van der Waals surface area contributed by atoms with E-state index in [1.807, 2.05) is 0 Å². The van der Waals surface area contributed by atoms with E-state index in [9.17, 15) is 4.79 Å². The maximum Gasteiger partial charge on any atom is 0.181 e. The molecule has 0 fully saturated rings. The van der Waals surface area contributed by atoms with Crippen molar-refractivity contribution >= 4 is 16.7 Å². The fourth-order valence-corrected chi connectivity index (χ4v) is 3.98. The Morgan fingerprint density at radius 3 is 2.00 bits per heavy atom. The Balaban J connectivity index is 3.90. The van der Waals surface area contributed by atoms with Crippen LogP contribution < -0.4 is 0 Å². The van der Waals surface area contributed by atoms with Crippen molar-refractivity contribution in [3.63, 3.8) is 0 Å². The molecule has 15 heavy (non-hydrogen) atoms. The topological polar surface area (TPSA) is 17.1 Å². The Bertz CT molecular complexity index is 167. The van der Waals surface area contributed by atoms with E-state index < -0.39 is 0 Å². The van der Waals surface area contributed by atoms with E-state index >= 15 is 0 Å². The summed E-state index contributed by atoms with van der Waals surface area (Å²) in [6, 6.07) is 0. The zero-order chi connectivity index (χ0) is 11.8. The first-order valence-corrected chi connectivity index (χ1v) is 7.71. The van der Waals surface area contributed by atoms with Crippen LogP contribution in [0.25, 0.3) is 0 Å². The van der Waals surface area contributed by atoms with Crippen molar-refractivity contribution < 1.29 is 4.79 Å². The molecule has 0 heterocycles. The van der Waals surface area contributed by atoms with Crippen LogP contribution in [-0.2, 0) is 15.7 Å². The van der Waals surface area contributed by atoms with Crippen LogP contribution in [0.4, 0.5) is 0 Å². The van der Waals surface area contributed by atoms with Crippen molar-refractivity contribution in [1.82, 2.24) is 0 Å². The Labute approximate surface area is 98.4 Å². The van der Waals surface area contributed by atoms with Crippen LogP contribution >= 0.6 is 0 Å². The molecule has 0 aliphatic rings. The Morgan fingerprint density at radius 2 is 1.60 bits per heavy atom. The van der Waals surface area contributed by atoms with Gasteiger partial charge in [-0.25, -0.2) is 0 Å². The number of hydrogen-bond donors (Lipinski definition) is 0. The highest BCUT2D eigenvalue weighted by molar-refractivity contribution is 7.98. The van der Waals surface area contributed by atoms with Gasteiger partial charge in [-0.05, 0) is 45.0 Å². The summed E-state index contributed by atoms with van der Waals surface area (Å²) in [7, 11) is 0.287. The van der Waals surface area contributed by atoms with Gasteiger partial charge in [0, 0.05) is 6.42 Å². The molecule has 0 aromatic heterocycles. The van der Waals surface area contributed by atoms with Crippen LogP contribution in [0.3, 0.4) is 0 Å². The van der Waals surface area contributed by atoms with Gasteiger partial charge in [-0.2, -0.15) is 0 Å². The molecule has 0 N–H and O–H groups in total. The molecule has 1 nitrogen and oxygen atoms in total. The lowest BCUT2D eigenvalue weighted by molar-refractivity contribution is -0.116. The van der Waals surface area contributed by atoms with Crippen molar-refractivity contribution in [2.45, 2.75) is 70.8 Å². The molecule has 90 valence electrons. The van der Waals surface area contributed by atoms with E-state index in [0.29, 0.717) is 16.3 Å². The molecule has 0 aliphatic heterocycles. The minimum Gasteiger partial charge on any atom is -0.294 e. The number of unbranched alkanes of at least 4 members (excludes halogenated alkanes) is 2. The molecular formula is C13H27OS+. The second-order valence-electron chi connectivity index (χ2n) is 4.71. The molecule has 2 heteroatoms. The third kappa shape index (κ3) is 6.99. The lowest BCUT2D eigenvalue weighted by Crippen LogP contribution is -2.31. The zero-order valence-corrected chi connectivity index (χ0v) is 11.8. The quantitative estimate of drug-likeness (QED) is 0.461. The van der Waals surface area contributed by atoms with Crippen molar-refractivity contribution in [3.8, 4) is 0 Å². The normalized spacial score (nSPS) is 11.7. The van der Waals surface area contributed by atoms with Gasteiger partial charge in [0.2, 0.25) is 0 Å². The summed E-state index contributed by atoms with van der Waals surface area (Å²) in [5, 5.41) is 1.31. The summed E-state index contributed by atoms with van der Waals surface area (Å²) < 4.78 is 0. The van der Waals surface area contributed by atoms with Crippen molar-refractivity contribution in [1.29, 1.82) is 0 Å². The van der Waals surface area contributed by atoms with Crippen LogP contribution in [0.5, 0.6) is 0 Å². The van der Waals surface area contributed by atoms with Crippen LogP contribution in [-0.4, -0.2) is 22.0 Å². The van der Waals surface area contributed by atoms with Gasteiger partial charge in [0.25, 0.3) is 0 Å². The summed E-state index contributed by atoms with van der Waals surface area (Å²) in [5.41, 5.74) is 0. The smallest absolute Gasteiger partial charge is 0.181 e. The molecule has 0 atom stereocenters. The number of rotatable bonds is 8. The SMILES string of the molecule is CCCCCC(=O)C[S+](C(C)C)C(C)C. The third-order valence-corrected chi connectivity index (χ3v) is 5.68. The van der Waals surface area contributed by atoms with Gasteiger partial charge in [0.15, 0.2) is 11.5 Å². The monoisotopic (exact) mass is 231 g/mol. The van der Waals surface area contributed by atoms with Crippen molar-refractivity contribution in [2.24, 2.45) is 0 Å². The Morgan fingerprint density at radius 1 is 1.07 bits per heavy atom. The Kier molecular flexibility index (Phi) is 8.22. The van der Waals surface area contributed by atoms with E-state index in [-0.39, 0.29) is 10.9 Å². The van der Waals surface area contributed by atoms with Gasteiger partial charge in [-0.3, -0.25) is 4.79 Å². The molecule has 0 aromatic rings. The van der Waals surface area contributed by atoms with Crippen LogP contribution in [0, 0.1) is 0 Å². The van der Waals surface area contributed by atoms with E-state index in [1.165, 1.54) is 12.8 Å². The maximum atomic E-state index is 11.7. The number of carbonyl (C=O) groups is 1. The fourth-order valence-electron chi connectivity index (χ4n) is 1.71. The zero-order valence-electron chi connectivity index (χ0n) is 11.0. The van der Waals surface area contributed by atoms with E-state index in [4.69, 9.17) is 0 Å². The van der Waals surface area contributed by atoms with Crippen molar-refractivity contribution in [2.75, 3.05) is 5.75 Å². The molecule has 0 aliphatic carbocycles. The molecule has 0 saturated carbocycles. The molecule has 0 radical (unpaired) electrons. The summed E-state index contributed by atoms with van der Waals surface area (Å²) >= 11 is 0. The van der Waals surface area contributed by atoms with Crippen LogP contribution in [0.15, 0.2) is 0 Å². The van der Waals surface area contributed by atoms with E-state index in [1.54, 1.807) is 0 Å². The van der Waals surface area contributed by atoms with Crippen molar-refractivity contribution in [3.05, 3.63) is 0 Å². The molecule has 0 amide bonds. The summed E-state index contributed by atoms with van der Waals surface area (Å²) in [6.45, 7) is 11.1. The summed E-state index contributed by atoms with van der Waals surface area (Å²) in [5.74, 6) is 1.30. The average molecular weight is 231 g/mol. The molecule has 0 rings (SSSR count). The first-order valence-electron chi connectivity index (χ1n) is 6.19. The fraction of sp³-hybridized carbons (Fsp3) is 0.923. The molecule has 0 saturated heterocycles. The molecule has 0 spiro atoms. The minimum atomic E-state index is 0.287. The lowest BCUT2D eigenvalue weighted by atomic mass is 10.2. The number of hydrogen-bond acceptors (Lipinski definition) is 1. The van der Waals surface area contributed by atoms with Crippen LogP contribution in [0.1, 0.15) is 60.3 Å². The largest absolute Gasteiger partial charge is 0.294 e. The highest BCUT2D eigenvalue weighted by Gasteiger charge is 2.29. The van der Waals surface area contributed by atoms with Gasteiger partial charge in [-0.15, -0.1) is 0 Å². The standard InChI is InChI=1S/C13H27OS/c1-6-7-8-9-13(14)10-15(11(2)3)12(4)5/h11-12H,6-10H2,1-5H3/q+1. The number of ketones is 1. The maximum absolute atomic E-state index is 11.7. The lowest BCUT2D eigenvalue weighted by Gasteiger charge is -2.15. The average Bonchev–Trinajstić information content (AvgIpc) is 2.13. The van der Waals surface area contributed by atoms with Crippen LogP contribution in [0.2, 0.25) is 0 Å². The third-order valence-electron chi connectivity index (χ3n) is 2.60.